The van der Waals surface area contributed by atoms with Gasteiger partial charge in [-0.1, -0.05) is 101 Å². The Labute approximate surface area is 246 Å². The molecule has 0 aromatic heterocycles. The summed E-state index contributed by atoms with van der Waals surface area (Å²) in [5.41, 5.74) is 10.4. The number of hydrogen-bond acceptors (Lipinski definition) is 2. The Balaban J connectivity index is 1.92. The number of hydrogen-bond donors (Lipinski definition) is 2. The Morgan fingerprint density at radius 2 is 0.625 bits per heavy atom. The molecule has 0 saturated heterocycles. The quantitative estimate of drug-likeness (QED) is 0.178. The second kappa shape index (κ2) is 10.9. The molecule has 4 aromatic rings. The lowest BCUT2D eigenvalue weighted by molar-refractivity contribution is 1.45. The van der Waals surface area contributed by atoms with Crippen molar-refractivity contribution in [3.63, 3.8) is 0 Å². The Kier molecular flexibility index (Phi) is 7.96. The summed E-state index contributed by atoms with van der Waals surface area (Å²) in [6, 6.07) is 28.3. The Morgan fingerprint density at radius 3 is 0.825 bits per heavy atom. The van der Waals surface area contributed by atoms with Gasteiger partial charge in [-0.2, -0.15) is 0 Å². The van der Waals surface area contributed by atoms with Crippen LogP contribution in [-0.2, 0) is 0 Å². The van der Waals surface area contributed by atoms with Crippen molar-refractivity contribution in [1.82, 2.24) is 0 Å². The number of nitrogens with one attached hydrogen (secondary N) is 2. The fraction of sp³-hybridized carbons (Fsp3) is 0.294. The molecule has 40 heavy (non-hydrogen) atoms. The zero-order chi connectivity index (χ0) is 29.0. The average molecular weight is 599 g/mol. The molecule has 2 nitrogen and oxygen atoms in total. The molecule has 0 saturated carbocycles. The standard InChI is InChI=1S/C34H44N2P2Si2/c1-23-11-15-27-31(19-23)37(39(5,6)7)32-20-24(2)12-16-28(32)36-30-18-14-26(4)22-34(30)38(40(8,9)10)33-21-25(3)13-17-29(33)35-27/h11-22,35-36H,1-10H3. The molecule has 0 atom stereocenters. The lowest BCUT2D eigenvalue weighted by Gasteiger charge is -2.37. The highest BCUT2D eigenvalue weighted by atomic mass is 31.4. The van der Waals surface area contributed by atoms with Crippen molar-refractivity contribution in [3.05, 3.63) is 95.1 Å². The summed E-state index contributed by atoms with van der Waals surface area (Å²) in [6.45, 7) is 24.2. The fourth-order valence-corrected chi connectivity index (χ4v) is 22.8. The van der Waals surface area contributed by atoms with Crippen molar-refractivity contribution in [2.75, 3.05) is 10.6 Å². The molecule has 6 heteroatoms. The van der Waals surface area contributed by atoms with Crippen LogP contribution in [0.5, 0.6) is 0 Å². The van der Waals surface area contributed by atoms with E-state index >= 15 is 0 Å². The predicted octanol–water partition coefficient (Wildman–Crippen LogP) is 9.26. The van der Waals surface area contributed by atoms with Gasteiger partial charge in [0.2, 0.25) is 0 Å². The Bertz CT molecular complexity index is 1360. The fourth-order valence-electron chi connectivity index (χ4n) is 5.72. The summed E-state index contributed by atoms with van der Waals surface area (Å²) in [5, 5.41) is 14.1. The van der Waals surface area contributed by atoms with Crippen molar-refractivity contribution in [3.8, 4) is 0 Å². The third-order valence-electron chi connectivity index (χ3n) is 7.46. The normalized spacial score (nSPS) is 17.1. The van der Waals surface area contributed by atoms with Crippen LogP contribution in [0.4, 0.5) is 22.7 Å². The summed E-state index contributed by atoms with van der Waals surface area (Å²) >= 11 is 0. The second-order valence-electron chi connectivity index (χ2n) is 13.3. The monoisotopic (exact) mass is 598 g/mol. The third-order valence-corrected chi connectivity index (χ3v) is 24.5. The topological polar surface area (TPSA) is 24.1 Å². The highest BCUT2D eigenvalue weighted by molar-refractivity contribution is 8.05. The molecule has 0 amide bonds. The third kappa shape index (κ3) is 5.88. The van der Waals surface area contributed by atoms with Crippen LogP contribution in [0, 0.1) is 27.7 Å². The molecule has 0 aliphatic carbocycles. The molecule has 0 radical (unpaired) electrons. The molecule has 5 rings (SSSR count). The van der Waals surface area contributed by atoms with Crippen LogP contribution in [-0.4, -0.2) is 15.5 Å². The second-order valence-corrected chi connectivity index (χ2v) is 36.0. The lowest BCUT2D eigenvalue weighted by atomic mass is 10.2. The molecule has 2 N–H and O–H groups in total. The van der Waals surface area contributed by atoms with E-state index in [9.17, 15) is 0 Å². The van der Waals surface area contributed by atoms with Crippen LogP contribution in [0.2, 0.25) is 39.3 Å². The van der Waals surface area contributed by atoms with E-state index in [1.165, 1.54) is 66.2 Å². The molecular weight excluding hydrogens is 555 g/mol. The van der Waals surface area contributed by atoms with Gasteiger partial charge < -0.3 is 10.6 Å². The molecule has 1 aliphatic heterocycles. The first-order valence-electron chi connectivity index (χ1n) is 14.3. The summed E-state index contributed by atoms with van der Waals surface area (Å²) in [4.78, 5) is 0. The van der Waals surface area contributed by atoms with Gasteiger partial charge in [-0.3, -0.25) is 0 Å². The van der Waals surface area contributed by atoms with E-state index in [0.717, 1.165) is 0 Å². The molecule has 208 valence electrons. The van der Waals surface area contributed by atoms with Crippen LogP contribution in [0.15, 0.2) is 72.8 Å². The van der Waals surface area contributed by atoms with Crippen molar-refractivity contribution >= 4 is 74.4 Å². The number of rotatable bonds is 2. The number of aryl methyl sites for hydroxylation is 4. The molecular formula is C34H44N2P2Si2. The van der Waals surface area contributed by atoms with Gasteiger partial charge in [-0.25, -0.2) is 0 Å². The van der Waals surface area contributed by atoms with Gasteiger partial charge in [0.25, 0.3) is 0 Å². The van der Waals surface area contributed by atoms with E-state index in [-0.39, 0.29) is 0 Å². The maximum absolute atomic E-state index is 4.06. The zero-order valence-electron chi connectivity index (χ0n) is 25.8. The maximum Gasteiger partial charge on any atom is 0.0829 e. The molecule has 1 heterocycles. The minimum Gasteiger partial charge on any atom is -0.354 e. The van der Waals surface area contributed by atoms with Gasteiger partial charge in [0.1, 0.15) is 0 Å². The van der Waals surface area contributed by atoms with Crippen LogP contribution < -0.4 is 31.9 Å². The van der Waals surface area contributed by atoms with Crippen LogP contribution in [0.1, 0.15) is 22.3 Å². The molecule has 0 fully saturated rings. The van der Waals surface area contributed by atoms with E-state index in [4.69, 9.17) is 0 Å². The minimum atomic E-state index is -1.68. The van der Waals surface area contributed by atoms with Crippen molar-refractivity contribution in [2.24, 2.45) is 0 Å². The highest BCUT2D eigenvalue weighted by Gasteiger charge is 2.36. The van der Waals surface area contributed by atoms with Crippen LogP contribution >= 0.6 is 14.9 Å². The zero-order valence-corrected chi connectivity index (χ0v) is 29.6. The smallest absolute Gasteiger partial charge is 0.0829 e. The highest BCUT2D eigenvalue weighted by Crippen LogP contribution is 2.52. The van der Waals surface area contributed by atoms with Crippen molar-refractivity contribution in [2.45, 2.75) is 67.0 Å². The van der Waals surface area contributed by atoms with E-state index < -0.39 is 30.4 Å². The molecule has 0 unspecified atom stereocenters. The van der Waals surface area contributed by atoms with Crippen LogP contribution in [0.3, 0.4) is 0 Å². The Hall–Kier alpha value is -2.23. The number of anilines is 4. The first kappa shape index (κ1) is 29.3. The molecule has 0 bridgehead atoms. The SMILES string of the molecule is Cc1ccc2c(c1)P([Si](C)(C)C)c1cc(C)ccc1Nc1ccc(C)cc1P([Si](C)(C)C)c1cc(C)ccc1N2. The summed E-state index contributed by atoms with van der Waals surface area (Å²) < 4.78 is 0. The van der Waals surface area contributed by atoms with Gasteiger partial charge in [0, 0.05) is 44.0 Å². The van der Waals surface area contributed by atoms with Gasteiger partial charge in [0.15, 0.2) is 0 Å². The average Bonchev–Trinajstić information content (AvgIpc) is 2.83. The molecule has 4 aromatic carbocycles. The molecule has 0 spiro atoms. The summed E-state index contributed by atoms with van der Waals surface area (Å²) in [7, 11) is -4.49. The van der Waals surface area contributed by atoms with Gasteiger partial charge >= 0.3 is 0 Å². The van der Waals surface area contributed by atoms with Crippen molar-refractivity contribution < 1.29 is 0 Å². The Morgan fingerprint density at radius 1 is 0.400 bits per heavy atom. The van der Waals surface area contributed by atoms with E-state index in [0.29, 0.717) is 0 Å². The van der Waals surface area contributed by atoms with Gasteiger partial charge in [-0.05, 0) is 76.2 Å². The van der Waals surface area contributed by atoms with E-state index in [1.54, 1.807) is 0 Å². The molecule has 1 aliphatic rings. The minimum absolute atomic E-state index is 0.567. The largest absolute Gasteiger partial charge is 0.354 e. The van der Waals surface area contributed by atoms with Crippen molar-refractivity contribution in [1.29, 1.82) is 0 Å². The number of fused-ring (bicyclic) bond motifs is 4. The summed E-state index contributed by atoms with van der Waals surface area (Å²) in [6.07, 6.45) is 0. The van der Waals surface area contributed by atoms with Crippen LogP contribution in [0.25, 0.3) is 0 Å². The first-order chi connectivity index (χ1) is 18.7. The van der Waals surface area contributed by atoms with Gasteiger partial charge in [-0.15, -0.1) is 0 Å². The van der Waals surface area contributed by atoms with Gasteiger partial charge in [0.05, 0.1) is 15.5 Å². The first-order valence-corrected chi connectivity index (χ1v) is 25.7. The van der Waals surface area contributed by atoms with E-state index in [1.807, 2.05) is 0 Å². The lowest BCUT2D eigenvalue weighted by Crippen LogP contribution is -2.35. The summed E-state index contributed by atoms with van der Waals surface area (Å²) in [5.74, 6) is 0. The maximum atomic E-state index is 4.06. The van der Waals surface area contributed by atoms with E-state index in [2.05, 4.69) is 150 Å². The number of benzene rings is 4. The predicted molar refractivity (Wildman–Crippen MR) is 190 cm³/mol.